The lowest BCUT2D eigenvalue weighted by Crippen LogP contribution is -2.19. The van der Waals surface area contributed by atoms with Crippen molar-refractivity contribution in [3.05, 3.63) is 45.8 Å². The molecule has 158 valence electrons. The van der Waals surface area contributed by atoms with Gasteiger partial charge < -0.3 is 15.9 Å². The van der Waals surface area contributed by atoms with Gasteiger partial charge in [-0.1, -0.05) is 11.8 Å². The number of nitro benzene ring substituents is 1. The third-order valence-electron chi connectivity index (χ3n) is 3.93. The number of carbonyl (C=O) groups is 1. The number of nitrogens with one attached hydrogen (secondary N) is 1. The minimum absolute atomic E-state index is 0.0726. The van der Waals surface area contributed by atoms with E-state index in [-0.39, 0.29) is 17.1 Å². The van der Waals surface area contributed by atoms with E-state index in [1.807, 2.05) is 19.9 Å². The van der Waals surface area contributed by atoms with E-state index in [0.717, 1.165) is 23.1 Å². The maximum Gasteiger partial charge on any atom is 0.296 e. The molecule has 3 N–H and O–H groups in total. The Morgan fingerprint density at radius 1 is 1.33 bits per heavy atom. The first kappa shape index (κ1) is 21.1. The molecule has 1 aromatic carbocycles. The van der Waals surface area contributed by atoms with Gasteiger partial charge in [0.1, 0.15) is 11.4 Å². The summed E-state index contributed by atoms with van der Waals surface area (Å²) in [6, 6.07) is 6.12. The molecule has 0 aliphatic heterocycles. The van der Waals surface area contributed by atoms with Gasteiger partial charge in [0, 0.05) is 5.69 Å². The third-order valence-corrected chi connectivity index (χ3v) is 4.87. The van der Waals surface area contributed by atoms with E-state index in [2.05, 4.69) is 20.6 Å². The number of amides is 1. The van der Waals surface area contributed by atoms with Crippen LogP contribution in [0.4, 0.5) is 11.4 Å². The molecular formula is C17H20N8O4S. The predicted octanol–water partition coefficient (Wildman–Crippen LogP) is 1.83. The fraction of sp³-hybridized carbons (Fsp3) is 0.294. The van der Waals surface area contributed by atoms with Crippen molar-refractivity contribution in [2.45, 2.75) is 25.9 Å². The first-order valence-corrected chi connectivity index (χ1v) is 9.86. The maximum absolute atomic E-state index is 12.3. The number of benzene rings is 1. The molecule has 0 radical (unpaired) electrons. The number of hydrogen-bond acceptors (Lipinski definition) is 9. The molecule has 3 rings (SSSR count). The number of nitrogen functional groups attached to an aromatic ring is 1. The fourth-order valence-corrected chi connectivity index (χ4v) is 3.34. The molecular weight excluding hydrogens is 412 g/mol. The highest BCUT2D eigenvalue weighted by Gasteiger charge is 2.19. The second kappa shape index (κ2) is 8.82. The summed E-state index contributed by atoms with van der Waals surface area (Å²) in [6.07, 6.45) is 0. The number of ether oxygens (including phenoxy) is 1. The topological polar surface area (TPSA) is 156 Å². The molecule has 0 saturated heterocycles. The Bertz CT molecular complexity index is 1090. The van der Waals surface area contributed by atoms with Crippen LogP contribution < -0.4 is 15.9 Å². The lowest BCUT2D eigenvalue weighted by molar-refractivity contribution is -0.384. The summed E-state index contributed by atoms with van der Waals surface area (Å²) in [5.74, 6) is 6.17. The maximum atomic E-state index is 12.3. The highest BCUT2D eigenvalue weighted by atomic mass is 32.2. The van der Waals surface area contributed by atoms with Crippen molar-refractivity contribution in [1.29, 1.82) is 0 Å². The molecule has 0 unspecified atom stereocenters. The Morgan fingerprint density at radius 3 is 2.73 bits per heavy atom. The van der Waals surface area contributed by atoms with Crippen molar-refractivity contribution >= 4 is 29.0 Å². The first-order valence-electron chi connectivity index (χ1n) is 8.88. The summed E-state index contributed by atoms with van der Waals surface area (Å²) in [5, 5.41) is 26.4. The van der Waals surface area contributed by atoms with E-state index in [1.54, 1.807) is 17.7 Å². The lowest BCUT2D eigenvalue weighted by atomic mass is 10.2. The van der Waals surface area contributed by atoms with Crippen molar-refractivity contribution in [2.24, 2.45) is 0 Å². The quantitative estimate of drug-likeness (QED) is 0.234. The number of aryl methyl sites for hydroxylation is 2. The molecule has 0 bridgehead atoms. The van der Waals surface area contributed by atoms with Crippen LogP contribution in [-0.4, -0.2) is 47.8 Å². The average Bonchev–Trinajstić information content (AvgIpc) is 3.22. The summed E-state index contributed by atoms with van der Waals surface area (Å²) in [4.78, 5) is 23.0. The van der Waals surface area contributed by atoms with E-state index in [4.69, 9.17) is 10.6 Å². The molecule has 2 aromatic heterocycles. The van der Waals surface area contributed by atoms with Gasteiger partial charge in [0.2, 0.25) is 11.1 Å². The van der Waals surface area contributed by atoms with Gasteiger partial charge in [-0.3, -0.25) is 14.9 Å². The lowest BCUT2D eigenvalue weighted by Gasteiger charge is -2.08. The summed E-state index contributed by atoms with van der Waals surface area (Å²) < 4.78 is 8.05. The molecule has 0 aliphatic rings. The van der Waals surface area contributed by atoms with E-state index >= 15 is 0 Å². The van der Waals surface area contributed by atoms with Gasteiger partial charge in [0.15, 0.2) is 0 Å². The number of thioether (sulfide) groups is 1. The van der Waals surface area contributed by atoms with Crippen molar-refractivity contribution in [2.75, 3.05) is 23.5 Å². The zero-order valence-corrected chi connectivity index (χ0v) is 17.3. The standard InChI is InChI=1S/C17H20N8O4S/c1-4-29-12-5-6-13(14(8-12)25(27)28)19-15(26)9-30-17-21-20-16(23(17)18)24-11(3)7-10(2)22-24/h5-8H,4,9,18H2,1-3H3,(H,19,26). The van der Waals surface area contributed by atoms with Crippen molar-refractivity contribution < 1.29 is 14.5 Å². The average molecular weight is 432 g/mol. The van der Waals surface area contributed by atoms with Crippen LogP contribution in [0, 0.1) is 24.0 Å². The molecule has 1 amide bonds. The second-order valence-electron chi connectivity index (χ2n) is 6.20. The molecule has 0 aliphatic carbocycles. The van der Waals surface area contributed by atoms with Gasteiger partial charge in [0.25, 0.3) is 11.6 Å². The predicted molar refractivity (Wildman–Crippen MR) is 110 cm³/mol. The number of nitrogens with two attached hydrogens (primary N) is 1. The number of rotatable bonds is 8. The minimum Gasteiger partial charge on any atom is -0.494 e. The SMILES string of the molecule is CCOc1ccc(NC(=O)CSc2nnc(-n3nc(C)cc3C)n2N)c([N+](=O)[O-])c1. The number of aromatic nitrogens is 5. The Morgan fingerprint density at radius 2 is 2.10 bits per heavy atom. The second-order valence-corrected chi connectivity index (χ2v) is 7.14. The van der Waals surface area contributed by atoms with Crippen LogP contribution in [0.1, 0.15) is 18.3 Å². The Kier molecular flexibility index (Phi) is 6.20. The monoisotopic (exact) mass is 432 g/mol. The van der Waals surface area contributed by atoms with Crippen LogP contribution in [0.2, 0.25) is 0 Å². The highest BCUT2D eigenvalue weighted by molar-refractivity contribution is 7.99. The number of nitrogens with zero attached hydrogens (tertiary/aromatic N) is 6. The number of anilines is 1. The highest BCUT2D eigenvalue weighted by Crippen LogP contribution is 2.29. The smallest absolute Gasteiger partial charge is 0.296 e. The molecule has 2 heterocycles. The molecule has 0 fully saturated rings. The van der Waals surface area contributed by atoms with Gasteiger partial charge in [0.05, 0.1) is 29.0 Å². The Labute approximate surface area is 175 Å². The van der Waals surface area contributed by atoms with Crippen LogP contribution in [0.3, 0.4) is 0 Å². The van der Waals surface area contributed by atoms with Gasteiger partial charge >= 0.3 is 0 Å². The van der Waals surface area contributed by atoms with Gasteiger partial charge in [-0.05, 0) is 39.0 Å². The van der Waals surface area contributed by atoms with E-state index in [0.29, 0.717) is 23.5 Å². The molecule has 0 atom stereocenters. The van der Waals surface area contributed by atoms with Crippen molar-refractivity contribution in [1.82, 2.24) is 24.7 Å². The first-order chi connectivity index (χ1) is 14.3. The zero-order chi connectivity index (χ0) is 21.8. The van der Waals surface area contributed by atoms with E-state index in [9.17, 15) is 14.9 Å². The summed E-state index contributed by atoms with van der Waals surface area (Å²) in [6.45, 7) is 5.85. The van der Waals surface area contributed by atoms with Crippen LogP contribution in [0.5, 0.6) is 5.75 Å². The number of hydrogen-bond donors (Lipinski definition) is 2. The largest absolute Gasteiger partial charge is 0.494 e. The van der Waals surface area contributed by atoms with Gasteiger partial charge in [-0.2, -0.15) is 5.10 Å². The number of carbonyl (C=O) groups excluding carboxylic acids is 1. The Hall–Kier alpha value is -3.61. The third kappa shape index (κ3) is 4.51. The molecule has 0 spiro atoms. The molecule has 0 saturated carbocycles. The minimum atomic E-state index is -0.581. The van der Waals surface area contributed by atoms with Crippen molar-refractivity contribution in [3.8, 4) is 11.7 Å². The number of nitro groups is 1. The molecule has 12 nitrogen and oxygen atoms in total. The van der Waals surface area contributed by atoms with E-state index < -0.39 is 10.8 Å². The summed E-state index contributed by atoms with van der Waals surface area (Å²) in [7, 11) is 0. The van der Waals surface area contributed by atoms with Gasteiger partial charge in [-0.15, -0.1) is 10.2 Å². The Balaban J connectivity index is 1.68. The van der Waals surface area contributed by atoms with Crippen molar-refractivity contribution in [3.63, 3.8) is 0 Å². The normalized spacial score (nSPS) is 10.8. The van der Waals surface area contributed by atoms with Crippen LogP contribution in [-0.2, 0) is 4.79 Å². The molecule has 13 heteroatoms. The van der Waals surface area contributed by atoms with E-state index in [1.165, 1.54) is 16.8 Å². The van der Waals surface area contributed by atoms with Gasteiger partial charge in [-0.25, -0.2) is 9.36 Å². The summed E-state index contributed by atoms with van der Waals surface area (Å²) >= 11 is 1.04. The molecule has 30 heavy (non-hydrogen) atoms. The summed E-state index contributed by atoms with van der Waals surface area (Å²) in [5.41, 5.74) is 1.46. The van der Waals surface area contributed by atoms with Crippen LogP contribution in [0.25, 0.3) is 5.95 Å². The molecule has 3 aromatic rings. The fourth-order valence-electron chi connectivity index (χ4n) is 2.68. The van der Waals surface area contributed by atoms with Crippen LogP contribution in [0.15, 0.2) is 29.4 Å². The van der Waals surface area contributed by atoms with Crippen LogP contribution >= 0.6 is 11.8 Å². The zero-order valence-electron chi connectivity index (χ0n) is 16.5.